The first-order valence-electron chi connectivity index (χ1n) is 4.48. The third-order valence-electron chi connectivity index (χ3n) is 1.79. The minimum atomic E-state index is 0.244. The van der Waals surface area contributed by atoms with E-state index in [4.69, 9.17) is 10.3 Å². The predicted octanol–water partition coefficient (Wildman–Crippen LogP) is 0.967. The van der Waals surface area contributed by atoms with Crippen LogP contribution in [0.4, 0.5) is 11.8 Å². The molecule has 0 fully saturated rings. The number of hydrogen-bond acceptors (Lipinski definition) is 6. The lowest BCUT2D eigenvalue weighted by molar-refractivity contribution is 0.384. The van der Waals surface area contributed by atoms with Crippen LogP contribution in [-0.4, -0.2) is 15.1 Å². The molecule has 6 heteroatoms. The predicted molar refractivity (Wildman–Crippen MR) is 55.0 cm³/mol. The van der Waals surface area contributed by atoms with Crippen molar-refractivity contribution in [3.63, 3.8) is 0 Å². The lowest BCUT2D eigenvalue weighted by Crippen LogP contribution is -2.03. The van der Waals surface area contributed by atoms with E-state index >= 15 is 0 Å². The maximum absolute atomic E-state index is 5.43. The van der Waals surface area contributed by atoms with E-state index in [-0.39, 0.29) is 5.95 Å². The first kappa shape index (κ1) is 9.45. The Bertz CT molecular complexity index is 453. The summed E-state index contributed by atoms with van der Waals surface area (Å²) in [7, 11) is 0. The van der Waals surface area contributed by atoms with E-state index in [1.807, 2.05) is 13.0 Å². The van der Waals surface area contributed by atoms with Gasteiger partial charge in [0.05, 0.1) is 12.2 Å². The molecule has 15 heavy (non-hydrogen) atoms. The normalized spacial score (nSPS) is 10.2. The smallest absolute Gasteiger partial charge is 0.221 e. The second-order valence-electron chi connectivity index (χ2n) is 3.09. The van der Waals surface area contributed by atoms with E-state index in [2.05, 4.69) is 20.4 Å². The lowest BCUT2D eigenvalue weighted by atomic mass is 10.4. The number of nitrogens with two attached hydrogens (primary N) is 1. The molecule has 78 valence electrons. The Labute approximate surface area is 86.5 Å². The first-order chi connectivity index (χ1) is 7.24. The molecule has 0 radical (unpaired) electrons. The van der Waals surface area contributed by atoms with Crippen molar-refractivity contribution in [2.24, 2.45) is 0 Å². The zero-order valence-corrected chi connectivity index (χ0v) is 8.27. The van der Waals surface area contributed by atoms with Crippen molar-refractivity contribution in [3.8, 4) is 0 Å². The molecule has 0 aliphatic carbocycles. The van der Waals surface area contributed by atoms with Gasteiger partial charge in [0.1, 0.15) is 5.82 Å². The highest BCUT2D eigenvalue weighted by Gasteiger charge is 2.01. The minimum Gasteiger partial charge on any atom is -0.368 e. The Morgan fingerprint density at radius 1 is 1.53 bits per heavy atom. The summed E-state index contributed by atoms with van der Waals surface area (Å²) in [5, 5.41) is 6.82. The van der Waals surface area contributed by atoms with Crippen LogP contribution in [0.25, 0.3) is 0 Å². The molecule has 0 aliphatic rings. The number of rotatable bonds is 3. The van der Waals surface area contributed by atoms with Crippen LogP contribution in [-0.2, 0) is 6.54 Å². The van der Waals surface area contributed by atoms with Crippen molar-refractivity contribution < 1.29 is 4.52 Å². The average molecular weight is 205 g/mol. The molecule has 3 N–H and O–H groups in total. The van der Waals surface area contributed by atoms with Crippen molar-refractivity contribution in [2.75, 3.05) is 11.1 Å². The van der Waals surface area contributed by atoms with Crippen LogP contribution in [0.2, 0.25) is 0 Å². The van der Waals surface area contributed by atoms with Crippen LogP contribution in [0.15, 0.2) is 22.9 Å². The van der Waals surface area contributed by atoms with Crippen molar-refractivity contribution >= 4 is 11.8 Å². The Hall–Kier alpha value is -2.11. The topological polar surface area (TPSA) is 89.9 Å². The number of nitrogens with one attached hydrogen (secondary N) is 1. The molecule has 2 aromatic heterocycles. The Morgan fingerprint density at radius 3 is 3.07 bits per heavy atom. The fourth-order valence-electron chi connectivity index (χ4n) is 1.15. The zero-order chi connectivity index (χ0) is 10.7. The number of aryl methyl sites for hydroxylation is 1. The zero-order valence-electron chi connectivity index (χ0n) is 8.27. The van der Waals surface area contributed by atoms with Gasteiger partial charge in [0, 0.05) is 12.3 Å². The first-order valence-corrected chi connectivity index (χ1v) is 4.48. The van der Waals surface area contributed by atoms with Gasteiger partial charge in [-0.3, -0.25) is 0 Å². The molecule has 2 aromatic rings. The minimum absolute atomic E-state index is 0.244. The summed E-state index contributed by atoms with van der Waals surface area (Å²) in [6, 6.07) is 3.59. The molecule has 0 aromatic carbocycles. The van der Waals surface area contributed by atoms with E-state index in [9.17, 15) is 0 Å². The van der Waals surface area contributed by atoms with Crippen LogP contribution in [0.1, 0.15) is 11.5 Å². The van der Waals surface area contributed by atoms with Gasteiger partial charge in [-0.1, -0.05) is 5.16 Å². The molecule has 2 heterocycles. The van der Waals surface area contributed by atoms with Crippen LogP contribution in [0, 0.1) is 6.92 Å². The van der Waals surface area contributed by atoms with Crippen molar-refractivity contribution in [1.82, 2.24) is 15.1 Å². The molecule has 0 saturated heterocycles. The maximum atomic E-state index is 5.43. The van der Waals surface area contributed by atoms with Gasteiger partial charge in [-0.25, -0.2) is 4.98 Å². The van der Waals surface area contributed by atoms with Crippen LogP contribution in [0.3, 0.4) is 0 Å². The largest absolute Gasteiger partial charge is 0.368 e. The van der Waals surface area contributed by atoms with Gasteiger partial charge in [-0.15, -0.1) is 0 Å². The number of aromatic nitrogens is 3. The SMILES string of the molecule is Cc1cc(CNc2ccnc(N)n2)on1. The summed E-state index contributed by atoms with van der Waals surface area (Å²) in [5.74, 6) is 1.66. The summed E-state index contributed by atoms with van der Waals surface area (Å²) < 4.78 is 5.03. The van der Waals surface area contributed by atoms with Crippen LogP contribution >= 0.6 is 0 Å². The Morgan fingerprint density at radius 2 is 2.40 bits per heavy atom. The van der Waals surface area contributed by atoms with Gasteiger partial charge in [0.2, 0.25) is 5.95 Å². The van der Waals surface area contributed by atoms with Gasteiger partial charge >= 0.3 is 0 Å². The van der Waals surface area contributed by atoms with Crippen molar-refractivity contribution in [3.05, 3.63) is 29.8 Å². The Balaban J connectivity index is 1.99. The van der Waals surface area contributed by atoms with E-state index in [1.165, 1.54) is 0 Å². The molecule has 0 saturated carbocycles. The lowest BCUT2D eigenvalue weighted by Gasteiger charge is -2.02. The van der Waals surface area contributed by atoms with Gasteiger partial charge in [0.25, 0.3) is 0 Å². The monoisotopic (exact) mass is 205 g/mol. The summed E-state index contributed by atoms with van der Waals surface area (Å²) in [5.41, 5.74) is 6.29. The molecule has 0 unspecified atom stereocenters. The fraction of sp³-hybridized carbons (Fsp3) is 0.222. The quantitative estimate of drug-likeness (QED) is 0.775. The van der Waals surface area contributed by atoms with Gasteiger partial charge in [-0.2, -0.15) is 4.98 Å². The third kappa shape index (κ3) is 2.43. The summed E-state index contributed by atoms with van der Waals surface area (Å²) in [4.78, 5) is 7.78. The number of nitrogen functional groups attached to an aromatic ring is 1. The highest BCUT2D eigenvalue weighted by atomic mass is 16.5. The summed E-state index contributed by atoms with van der Waals surface area (Å²) in [6.07, 6.45) is 1.59. The summed E-state index contributed by atoms with van der Waals surface area (Å²) in [6.45, 7) is 2.40. The fourth-order valence-corrected chi connectivity index (χ4v) is 1.15. The van der Waals surface area contributed by atoms with Crippen LogP contribution < -0.4 is 11.1 Å². The standard InChI is InChI=1S/C9H11N5O/c1-6-4-7(15-14-6)5-12-8-2-3-11-9(10)13-8/h2-4H,5H2,1H3,(H3,10,11,12,13). The third-order valence-corrected chi connectivity index (χ3v) is 1.79. The Kier molecular flexibility index (Phi) is 2.49. The highest BCUT2D eigenvalue weighted by Crippen LogP contribution is 2.07. The number of hydrogen-bond donors (Lipinski definition) is 2. The highest BCUT2D eigenvalue weighted by molar-refractivity contribution is 5.37. The average Bonchev–Trinajstić information content (AvgIpc) is 2.62. The van der Waals surface area contributed by atoms with E-state index in [0.717, 1.165) is 11.5 Å². The number of anilines is 2. The van der Waals surface area contributed by atoms with Gasteiger partial charge in [0.15, 0.2) is 5.76 Å². The summed E-state index contributed by atoms with van der Waals surface area (Å²) >= 11 is 0. The van der Waals surface area contributed by atoms with E-state index in [1.54, 1.807) is 12.3 Å². The van der Waals surface area contributed by atoms with E-state index < -0.39 is 0 Å². The molecule has 0 atom stereocenters. The molecule has 0 bridgehead atoms. The van der Waals surface area contributed by atoms with Crippen LogP contribution in [0.5, 0.6) is 0 Å². The maximum Gasteiger partial charge on any atom is 0.221 e. The molecule has 6 nitrogen and oxygen atoms in total. The van der Waals surface area contributed by atoms with Gasteiger partial charge < -0.3 is 15.6 Å². The second kappa shape index (κ2) is 3.95. The second-order valence-corrected chi connectivity index (χ2v) is 3.09. The molecule has 2 rings (SSSR count). The molecular formula is C9H11N5O. The van der Waals surface area contributed by atoms with Crippen molar-refractivity contribution in [2.45, 2.75) is 13.5 Å². The number of nitrogens with zero attached hydrogens (tertiary/aromatic N) is 3. The molecule has 0 amide bonds. The molecular weight excluding hydrogens is 194 g/mol. The van der Waals surface area contributed by atoms with Gasteiger partial charge in [-0.05, 0) is 13.0 Å². The van der Waals surface area contributed by atoms with E-state index in [0.29, 0.717) is 12.4 Å². The molecule has 0 aliphatic heterocycles. The molecule has 0 spiro atoms. The van der Waals surface area contributed by atoms with Crippen molar-refractivity contribution in [1.29, 1.82) is 0 Å².